The molecule has 46 heavy (non-hydrogen) atoms. The van der Waals surface area contributed by atoms with Crippen molar-refractivity contribution in [1.29, 1.82) is 0 Å². The van der Waals surface area contributed by atoms with E-state index in [1.54, 1.807) is 41.3 Å². The molecule has 1 atom stereocenters. The van der Waals surface area contributed by atoms with Gasteiger partial charge >= 0.3 is 0 Å². The average molecular weight is 640 g/mol. The molecule has 0 radical (unpaired) electrons. The van der Waals surface area contributed by atoms with Gasteiger partial charge in [0.15, 0.2) is 0 Å². The molecule has 0 fully saturated rings. The number of sulfonamides is 1. The highest BCUT2D eigenvalue weighted by atomic mass is 32.2. The normalized spacial score (nSPS) is 11.9. The molecule has 0 aliphatic heterocycles. The Labute approximate surface area is 274 Å². The van der Waals surface area contributed by atoms with Crippen molar-refractivity contribution in [3.05, 3.63) is 130 Å². The second kappa shape index (κ2) is 15.7. The number of benzene rings is 4. The summed E-state index contributed by atoms with van der Waals surface area (Å²) in [5, 5.41) is 3.03. The SMILES string of the molecule is CCCCNC(=O)[C@H](Cc1ccccc1)N(Cc1cccc(C)c1)C(=O)CN(c1cc(C)cc(C)c1)S(=O)(=O)c1ccc(C)cc1. The van der Waals surface area contributed by atoms with Crippen LogP contribution in [0.2, 0.25) is 0 Å². The summed E-state index contributed by atoms with van der Waals surface area (Å²) in [6.07, 6.45) is 2.01. The molecule has 8 heteroatoms. The van der Waals surface area contributed by atoms with Crippen molar-refractivity contribution in [3.63, 3.8) is 0 Å². The molecule has 0 bridgehead atoms. The first kappa shape index (κ1) is 34.4. The quantitative estimate of drug-likeness (QED) is 0.156. The molecule has 0 aromatic heterocycles. The van der Waals surface area contributed by atoms with Crippen LogP contribution in [-0.2, 0) is 32.6 Å². The van der Waals surface area contributed by atoms with Crippen LogP contribution >= 0.6 is 0 Å². The van der Waals surface area contributed by atoms with E-state index in [9.17, 15) is 18.0 Å². The van der Waals surface area contributed by atoms with Gasteiger partial charge in [-0.15, -0.1) is 0 Å². The maximum atomic E-state index is 14.6. The standard InChI is InChI=1S/C38H45N3O4S/c1-6-7-20-39-38(43)36(25-32-13-9-8-10-14-32)40(26-33-15-11-12-29(3)22-33)37(42)27-41(34-23-30(4)21-31(5)24-34)46(44,45)35-18-16-28(2)17-19-35/h8-19,21-24,36H,6-7,20,25-27H2,1-5H3,(H,39,43)/t36-/m0/s1. The number of anilines is 1. The highest BCUT2D eigenvalue weighted by molar-refractivity contribution is 7.92. The Morgan fingerprint density at radius 2 is 1.39 bits per heavy atom. The molecule has 2 amide bonds. The van der Waals surface area contributed by atoms with Crippen LogP contribution in [0.1, 0.15) is 53.1 Å². The second-order valence-electron chi connectivity index (χ2n) is 12.0. The van der Waals surface area contributed by atoms with E-state index in [0.717, 1.165) is 46.2 Å². The van der Waals surface area contributed by atoms with Crippen molar-refractivity contribution >= 4 is 27.5 Å². The van der Waals surface area contributed by atoms with Gasteiger partial charge in [0.25, 0.3) is 10.0 Å². The molecule has 0 unspecified atom stereocenters. The number of unbranched alkanes of at least 4 members (excludes halogenated alkanes) is 1. The van der Waals surface area contributed by atoms with Gasteiger partial charge < -0.3 is 10.2 Å². The topological polar surface area (TPSA) is 86.8 Å². The Bertz CT molecular complexity index is 1720. The highest BCUT2D eigenvalue weighted by Crippen LogP contribution is 2.27. The third-order valence-corrected chi connectivity index (χ3v) is 9.71. The lowest BCUT2D eigenvalue weighted by molar-refractivity contribution is -0.140. The molecule has 0 saturated heterocycles. The van der Waals surface area contributed by atoms with Crippen LogP contribution in [0.25, 0.3) is 0 Å². The number of amides is 2. The lowest BCUT2D eigenvalue weighted by Crippen LogP contribution is -2.53. The molecule has 0 spiro atoms. The predicted octanol–water partition coefficient (Wildman–Crippen LogP) is 6.67. The van der Waals surface area contributed by atoms with Gasteiger partial charge in [0.2, 0.25) is 11.8 Å². The van der Waals surface area contributed by atoms with Gasteiger partial charge in [-0.05, 0) is 80.6 Å². The van der Waals surface area contributed by atoms with Gasteiger partial charge in [-0.25, -0.2) is 8.42 Å². The summed E-state index contributed by atoms with van der Waals surface area (Å²) in [5.74, 6) is -0.736. The van der Waals surface area contributed by atoms with E-state index in [4.69, 9.17) is 0 Å². The molecular formula is C38H45N3O4S. The number of nitrogens with zero attached hydrogens (tertiary/aromatic N) is 2. The van der Waals surface area contributed by atoms with E-state index in [1.165, 1.54) is 4.31 Å². The molecule has 0 aliphatic carbocycles. The average Bonchev–Trinajstić information content (AvgIpc) is 3.01. The van der Waals surface area contributed by atoms with Crippen LogP contribution in [0.4, 0.5) is 5.69 Å². The van der Waals surface area contributed by atoms with Crippen molar-refractivity contribution in [2.45, 2.75) is 71.4 Å². The summed E-state index contributed by atoms with van der Waals surface area (Å²) in [4.78, 5) is 30.1. The Kier molecular flexibility index (Phi) is 11.8. The Hall–Kier alpha value is -4.43. The van der Waals surface area contributed by atoms with Gasteiger partial charge in [-0.2, -0.15) is 0 Å². The van der Waals surface area contributed by atoms with E-state index in [-0.39, 0.29) is 23.8 Å². The summed E-state index contributed by atoms with van der Waals surface area (Å²) in [6, 6.07) is 28.7. The van der Waals surface area contributed by atoms with E-state index in [0.29, 0.717) is 12.2 Å². The molecule has 1 N–H and O–H groups in total. The van der Waals surface area contributed by atoms with Crippen LogP contribution in [-0.4, -0.2) is 44.3 Å². The summed E-state index contributed by atoms with van der Waals surface area (Å²) in [5.41, 5.74) is 5.85. The lowest BCUT2D eigenvalue weighted by Gasteiger charge is -2.34. The third kappa shape index (κ3) is 9.07. The number of carbonyl (C=O) groups excluding carboxylic acids is 2. The molecule has 4 aromatic carbocycles. The third-order valence-electron chi connectivity index (χ3n) is 7.92. The fourth-order valence-electron chi connectivity index (χ4n) is 5.53. The second-order valence-corrected chi connectivity index (χ2v) is 13.9. The molecule has 0 saturated carbocycles. The van der Waals surface area contributed by atoms with Gasteiger partial charge in [0, 0.05) is 19.5 Å². The minimum absolute atomic E-state index is 0.0911. The molecule has 242 valence electrons. The molecule has 0 aliphatic rings. The number of carbonyl (C=O) groups is 2. The largest absolute Gasteiger partial charge is 0.354 e. The summed E-state index contributed by atoms with van der Waals surface area (Å²) >= 11 is 0. The highest BCUT2D eigenvalue weighted by Gasteiger charge is 2.34. The van der Waals surface area contributed by atoms with Crippen LogP contribution in [0.3, 0.4) is 0 Å². The minimum Gasteiger partial charge on any atom is -0.354 e. The van der Waals surface area contributed by atoms with Crippen LogP contribution < -0.4 is 9.62 Å². The number of rotatable bonds is 14. The monoisotopic (exact) mass is 639 g/mol. The molecular weight excluding hydrogens is 595 g/mol. The van der Waals surface area contributed by atoms with Crippen LogP contribution in [0.15, 0.2) is 102 Å². The van der Waals surface area contributed by atoms with Crippen molar-refractivity contribution in [2.75, 3.05) is 17.4 Å². The minimum atomic E-state index is -4.15. The van der Waals surface area contributed by atoms with Crippen molar-refractivity contribution in [3.8, 4) is 0 Å². The first-order valence-corrected chi connectivity index (χ1v) is 17.3. The number of nitrogens with one attached hydrogen (secondary N) is 1. The number of aryl methyl sites for hydroxylation is 4. The maximum Gasteiger partial charge on any atom is 0.264 e. The Balaban J connectivity index is 1.81. The Morgan fingerprint density at radius 3 is 2.02 bits per heavy atom. The molecule has 4 aromatic rings. The summed E-state index contributed by atoms with van der Waals surface area (Å²) in [6.45, 7) is 9.88. The maximum absolute atomic E-state index is 14.6. The molecule has 7 nitrogen and oxygen atoms in total. The predicted molar refractivity (Wildman–Crippen MR) is 185 cm³/mol. The zero-order chi connectivity index (χ0) is 33.3. The number of hydrogen-bond donors (Lipinski definition) is 1. The zero-order valence-electron chi connectivity index (χ0n) is 27.5. The van der Waals surface area contributed by atoms with Crippen molar-refractivity contribution in [1.82, 2.24) is 10.2 Å². The van der Waals surface area contributed by atoms with Gasteiger partial charge in [0.05, 0.1) is 10.6 Å². The first-order chi connectivity index (χ1) is 22.0. The summed E-state index contributed by atoms with van der Waals surface area (Å²) < 4.78 is 29.7. The molecule has 0 heterocycles. The Morgan fingerprint density at radius 1 is 0.739 bits per heavy atom. The fraction of sp³-hybridized carbons (Fsp3) is 0.316. The van der Waals surface area contributed by atoms with E-state index >= 15 is 0 Å². The zero-order valence-corrected chi connectivity index (χ0v) is 28.3. The lowest BCUT2D eigenvalue weighted by atomic mass is 10.0. The van der Waals surface area contributed by atoms with Gasteiger partial charge in [0.1, 0.15) is 12.6 Å². The smallest absolute Gasteiger partial charge is 0.264 e. The van der Waals surface area contributed by atoms with Crippen molar-refractivity contribution in [2.24, 2.45) is 0 Å². The van der Waals surface area contributed by atoms with Gasteiger partial charge in [-0.1, -0.05) is 97.3 Å². The van der Waals surface area contributed by atoms with Crippen LogP contribution in [0.5, 0.6) is 0 Å². The van der Waals surface area contributed by atoms with E-state index < -0.39 is 28.5 Å². The summed E-state index contributed by atoms with van der Waals surface area (Å²) in [7, 11) is -4.15. The first-order valence-electron chi connectivity index (χ1n) is 15.8. The molecule has 4 rings (SSSR count). The van der Waals surface area contributed by atoms with E-state index in [1.807, 2.05) is 88.4 Å². The van der Waals surface area contributed by atoms with Gasteiger partial charge in [-0.3, -0.25) is 13.9 Å². The van der Waals surface area contributed by atoms with E-state index in [2.05, 4.69) is 12.2 Å². The van der Waals surface area contributed by atoms with Crippen LogP contribution in [0, 0.1) is 27.7 Å². The fourth-order valence-corrected chi connectivity index (χ4v) is 6.93. The van der Waals surface area contributed by atoms with Crippen molar-refractivity contribution < 1.29 is 18.0 Å². The number of hydrogen-bond acceptors (Lipinski definition) is 4.